The van der Waals surface area contributed by atoms with Gasteiger partial charge in [-0.3, -0.25) is 4.90 Å². The molecule has 238 valence electrons. The van der Waals surface area contributed by atoms with Gasteiger partial charge in [0.2, 0.25) is 0 Å². The third-order valence-electron chi connectivity index (χ3n) is 11.8. The van der Waals surface area contributed by atoms with E-state index in [0.717, 1.165) is 64.9 Å². The SMILES string of the molecule is Oc1cc(N2CCc3c(nc(OC[C@]45C[C@@H](F)CN4[C@H]4CCCC[C@H]4C5)nc3N3CC4CCC(C3)N4)C2)c2c(Br)cccc2c1. The molecular formula is C35H42BrFN6O2. The van der Waals surface area contributed by atoms with Crippen LogP contribution in [-0.4, -0.2) is 82.6 Å². The van der Waals surface area contributed by atoms with E-state index in [0.29, 0.717) is 56.2 Å². The number of alkyl halides is 1. The molecule has 0 amide bonds. The highest BCUT2D eigenvalue weighted by molar-refractivity contribution is 9.10. The molecule has 2 N–H and O–H groups in total. The van der Waals surface area contributed by atoms with E-state index in [2.05, 4.69) is 42.0 Å². The van der Waals surface area contributed by atoms with E-state index in [1.807, 2.05) is 24.3 Å². The van der Waals surface area contributed by atoms with Crippen LogP contribution in [0.2, 0.25) is 0 Å². The third kappa shape index (κ3) is 4.89. The van der Waals surface area contributed by atoms with Crippen LogP contribution in [-0.2, 0) is 13.0 Å². The largest absolute Gasteiger partial charge is 0.508 e. The smallest absolute Gasteiger partial charge is 0.318 e. The first-order chi connectivity index (χ1) is 21.9. The number of nitrogens with zero attached hydrogens (tertiary/aromatic N) is 5. The maximum atomic E-state index is 15.0. The maximum Gasteiger partial charge on any atom is 0.318 e. The van der Waals surface area contributed by atoms with Gasteiger partial charge in [0.15, 0.2) is 0 Å². The van der Waals surface area contributed by atoms with Crippen molar-refractivity contribution in [3.8, 4) is 11.8 Å². The van der Waals surface area contributed by atoms with E-state index in [1.54, 1.807) is 0 Å². The molecule has 1 aliphatic carbocycles. The second-order valence-electron chi connectivity index (χ2n) is 14.6. The zero-order chi connectivity index (χ0) is 30.3. The Kier molecular flexibility index (Phi) is 6.94. The highest BCUT2D eigenvalue weighted by Crippen LogP contribution is 2.51. The number of fused-ring (bicyclic) bond motifs is 7. The number of aromatic hydroxyl groups is 1. The average molecular weight is 678 g/mol. The van der Waals surface area contributed by atoms with Gasteiger partial charge in [0, 0.05) is 77.9 Å². The zero-order valence-electron chi connectivity index (χ0n) is 25.7. The van der Waals surface area contributed by atoms with Crippen molar-refractivity contribution in [1.29, 1.82) is 0 Å². The topological polar surface area (TPSA) is 77.0 Å². The zero-order valence-corrected chi connectivity index (χ0v) is 27.3. The summed E-state index contributed by atoms with van der Waals surface area (Å²) in [6, 6.07) is 11.7. The molecule has 5 aliphatic heterocycles. The predicted octanol–water partition coefficient (Wildman–Crippen LogP) is 5.73. The fraction of sp³-hybridized carbons (Fsp3) is 0.600. The number of phenols is 1. The molecule has 45 heavy (non-hydrogen) atoms. The van der Waals surface area contributed by atoms with Gasteiger partial charge >= 0.3 is 6.01 Å². The van der Waals surface area contributed by atoms with Crippen molar-refractivity contribution in [2.75, 3.05) is 42.6 Å². The number of hydrogen-bond acceptors (Lipinski definition) is 8. The van der Waals surface area contributed by atoms with Gasteiger partial charge in [-0.15, -0.1) is 0 Å². The van der Waals surface area contributed by atoms with Crippen molar-refractivity contribution >= 4 is 38.2 Å². The van der Waals surface area contributed by atoms with Crippen LogP contribution in [0.25, 0.3) is 10.8 Å². The minimum Gasteiger partial charge on any atom is -0.508 e. The van der Waals surface area contributed by atoms with Crippen LogP contribution >= 0.6 is 15.9 Å². The second-order valence-corrected chi connectivity index (χ2v) is 15.4. The fourth-order valence-electron chi connectivity index (χ4n) is 9.90. The Hall–Kier alpha value is -2.69. The number of piperazine rings is 1. The van der Waals surface area contributed by atoms with E-state index in [4.69, 9.17) is 14.7 Å². The van der Waals surface area contributed by atoms with Crippen LogP contribution in [0.1, 0.15) is 62.6 Å². The molecule has 2 unspecified atom stereocenters. The predicted molar refractivity (Wildman–Crippen MR) is 177 cm³/mol. The van der Waals surface area contributed by atoms with Gasteiger partial charge in [0.05, 0.1) is 17.8 Å². The van der Waals surface area contributed by atoms with Gasteiger partial charge in [-0.1, -0.05) is 40.9 Å². The van der Waals surface area contributed by atoms with E-state index in [-0.39, 0.29) is 11.3 Å². The molecule has 1 aromatic heterocycles. The number of nitrogens with one attached hydrogen (secondary N) is 1. The monoisotopic (exact) mass is 676 g/mol. The highest BCUT2D eigenvalue weighted by Gasteiger charge is 2.57. The molecule has 10 heteroatoms. The van der Waals surface area contributed by atoms with Gasteiger partial charge < -0.3 is 25.0 Å². The quantitative estimate of drug-likeness (QED) is 0.355. The Morgan fingerprint density at radius 1 is 1.02 bits per heavy atom. The number of ether oxygens (including phenoxy) is 1. The average Bonchev–Trinajstić information content (AvgIpc) is 3.65. The Morgan fingerprint density at radius 2 is 1.87 bits per heavy atom. The minimum absolute atomic E-state index is 0.258. The van der Waals surface area contributed by atoms with E-state index >= 15 is 0 Å². The molecule has 6 atom stereocenters. The van der Waals surface area contributed by atoms with Crippen molar-refractivity contribution < 1.29 is 14.2 Å². The van der Waals surface area contributed by atoms with E-state index < -0.39 is 6.17 Å². The van der Waals surface area contributed by atoms with Crippen molar-refractivity contribution in [3.63, 3.8) is 0 Å². The summed E-state index contributed by atoms with van der Waals surface area (Å²) >= 11 is 3.77. The number of phenolic OH excluding ortho intramolecular Hbond substituents is 1. The van der Waals surface area contributed by atoms with Gasteiger partial charge in [-0.25, -0.2) is 4.39 Å². The summed E-state index contributed by atoms with van der Waals surface area (Å²) in [5.74, 6) is 1.92. The lowest BCUT2D eigenvalue weighted by Gasteiger charge is -2.38. The fourth-order valence-corrected chi connectivity index (χ4v) is 10.5. The number of hydrogen-bond donors (Lipinski definition) is 2. The Balaban J connectivity index is 1.06. The molecule has 6 aliphatic rings. The molecule has 4 saturated heterocycles. The van der Waals surface area contributed by atoms with Gasteiger partial charge in [0.25, 0.3) is 0 Å². The molecule has 5 fully saturated rings. The van der Waals surface area contributed by atoms with Crippen LogP contribution in [0, 0.1) is 5.92 Å². The summed E-state index contributed by atoms with van der Waals surface area (Å²) in [5, 5.41) is 16.5. The standard InChI is InChI=1S/C35H42BrFN6O2/c36-28-6-3-5-21-12-26(44)13-31(32(21)28)41-11-10-27-29(19-41)39-34(40-33(27)42-17-24-8-9-25(18-42)38-24)45-20-35-14-22-4-1-2-7-30(22)43(35)16-23(37)15-35/h3,5-6,12-13,22-25,30,38,44H,1-2,4,7-11,14-20H2/t22-,23+,24?,25?,30-,35-/m0/s1. The Bertz CT molecular complexity index is 1630. The molecule has 9 rings (SSSR count). The molecule has 3 aromatic rings. The molecular weight excluding hydrogens is 635 g/mol. The van der Waals surface area contributed by atoms with Gasteiger partial charge in [-0.05, 0) is 62.0 Å². The van der Waals surface area contributed by atoms with Crippen LogP contribution < -0.4 is 19.9 Å². The van der Waals surface area contributed by atoms with Crippen LogP contribution in [0.5, 0.6) is 11.8 Å². The lowest BCUT2D eigenvalue weighted by molar-refractivity contribution is 0.0772. The molecule has 0 spiro atoms. The summed E-state index contributed by atoms with van der Waals surface area (Å²) in [7, 11) is 0. The van der Waals surface area contributed by atoms with Crippen LogP contribution in [0.4, 0.5) is 15.9 Å². The van der Waals surface area contributed by atoms with Crippen molar-refractivity contribution in [2.24, 2.45) is 5.92 Å². The molecule has 8 nitrogen and oxygen atoms in total. The highest BCUT2D eigenvalue weighted by atomic mass is 79.9. The van der Waals surface area contributed by atoms with Gasteiger partial charge in [0.1, 0.15) is 24.3 Å². The third-order valence-corrected chi connectivity index (χ3v) is 12.4. The Labute approximate surface area is 272 Å². The maximum absolute atomic E-state index is 15.0. The van der Waals surface area contributed by atoms with Gasteiger partial charge in [-0.2, -0.15) is 9.97 Å². The van der Waals surface area contributed by atoms with E-state index in [1.165, 1.54) is 44.1 Å². The lowest BCUT2D eigenvalue weighted by atomic mass is 9.81. The molecule has 6 heterocycles. The summed E-state index contributed by atoms with van der Waals surface area (Å²) in [5.41, 5.74) is 2.93. The summed E-state index contributed by atoms with van der Waals surface area (Å²) in [6.07, 6.45) is 8.96. The Morgan fingerprint density at radius 3 is 2.73 bits per heavy atom. The lowest BCUT2D eigenvalue weighted by Crippen LogP contribution is -2.52. The first kappa shape index (κ1) is 28.5. The molecule has 0 radical (unpaired) electrons. The van der Waals surface area contributed by atoms with Crippen molar-refractivity contribution in [1.82, 2.24) is 20.2 Å². The van der Waals surface area contributed by atoms with Crippen molar-refractivity contribution in [3.05, 3.63) is 46.1 Å². The first-order valence-electron chi connectivity index (χ1n) is 17.0. The normalized spacial score (nSPS) is 32.5. The number of anilines is 2. The molecule has 1 saturated carbocycles. The van der Waals surface area contributed by atoms with E-state index in [9.17, 15) is 9.50 Å². The van der Waals surface area contributed by atoms with Crippen molar-refractivity contribution in [2.45, 2.75) is 94.2 Å². The molecule has 2 bridgehead atoms. The van der Waals surface area contributed by atoms with Crippen LogP contribution in [0.15, 0.2) is 34.8 Å². The number of aromatic nitrogens is 2. The molecule has 2 aromatic carbocycles. The number of rotatable bonds is 5. The summed E-state index contributed by atoms with van der Waals surface area (Å²) < 4.78 is 22.6. The van der Waals surface area contributed by atoms with Crippen LogP contribution in [0.3, 0.4) is 0 Å². The summed E-state index contributed by atoms with van der Waals surface area (Å²) in [6.45, 7) is 4.27. The minimum atomic E-state index is -0.794. The number of benzene rings is 2. The number of halogens is 2. The first-order valence-corrected chi connectivity index (χ1v) is 17.8. The summed E-state index contributed by atoms with van der Waals surface area (Å²) in [4.78, 5) is 17.5. The second kappa shape index (κ2) is 10.9.